The van der Waals surface area contributed by atoms with Crippen molar-refractivity contribution in [2.24, 2.45) is 0 Å². The van der Waals surface area contributed by atoms with Crippen molar-refractivity contribution in [2.45, 2.75) is 19.9 Å². The topological polar surface area (TPSA) is 102 Å². The predicted molar refractivity (Wildman–Crippen MR) is 68.5 cm³/mol. The van der Waals surface area contributed by atoms with Crippen LogP contribution in [0.1, 0.15) is 25.5 Å². The van der Waals surface area contributed by atoms with Crippen LogP contribution in [-0.2, 0) is 14.4 Å². The van der Waals surface area contributed by atoms with Crippen molar-refractivity contribution in [1.29, 1.82) is 0 Å². The lowest BCUT2D eigenvalue weighted by molar-refractivity contribution is -0.141. The maximum Gasteiger partial charge on any atom is 0.330 e. The molecule has 108 valence electrons. The van der Waals surface area contributed by atoms with Gasteiger partial charge in [-0.05, 0) is 17.7 Å². The largest absolute Gasteiger partial charge is 0.493 e. The van der Waals surface area contributed by atoms with Gasteiger partial charge in [0.1, 0.15) is 0 Å². The van der Waals surface area contributed by atoms with Crippen LogP contribution >= 0.6 is 0 Å². The van der Waals surface area contributed by atoms with Gasteiger partial charge in [-0.15, -0.1) is 0 Å². The second-order valence-electron chi connectivity index (χ2n) is 3.98. The molecule has 0 radical (unpaired) electrons. The van der Waals surface area contributed by atoms with Gasteiger partial charge in [0.05, 0.1) is 7.11 Å². The molecule has 20 heavy (non-hydrogen) atoms. The molecule has 0 aromatic heterocycles. The first-order valence-electron chi connectivity index (χ1n) is 5.71. The maximum atomic E-state index is 11.2. The van der Waals surface area contributed by atoms with Crippen molar-refractivity contribution in [1.82, 2.24) is 5.32 Å². The highest BCUT2D eigenvalue weighted by Gasteiger charge is 2.22. The third-order valence-corrected chi connectivity index (χ3v) is 2.37. The number of carbonyl (C=O) groups excluding carboxylic acids is 2. The van der Waals surface area contributed by atoms with E-state index >= 15 is 0 Å². The summed E-state index contributed by atoms with van der Waals surface area (Å²) >= 11 is 0. The number of esters is 1. The highest BCUT2D eigenvalue weighted by Crippen LogP contribution is 2.30. The number of carboxylic acid groups (broad SMARTS) is 1. The molecule has 2 N–H and O–H groups in total. The number of amides is 1. The van der Waals surface area contributed by atoms with Crippen molar-refractivity contribution < 1.29 is 29.0 Å². The second-order valence-corrected chi connectivity index (χ2v) is 3.98. The number of methoxy groups -OCH3 is 1. The first-order valence-corrected chi connectivity index (χ1v) is 5.71. The molecule has 1 amide bonds. The number of carboxylic acids is 1. The minimum atomic E-state index is -1.21. The minimum absolute atomic E-state index is 0.177. The molecule has 0 bridgehead atoms. The molecular formula is C13H15NO6. The normalized spacial score (nSPS) is 11.3. The number of nitrogens with one attached hydrogen (secondary N) is 1. The number of hydrogen-bond donors (Lipinski definition) is 2. The van der Waals surface area contributed by atoms with E-state index in [2.05, 4.69) is 5.32 Å². The SMILES string of the molecule is COc1cc([C@@H](NC(C)=O)C(=O)O)ccc1OC(C)=O. The first kappa shape index (κ1) is 15.5. The Morgan fingerprint density at radius 1 is 1.20 bits per heavy atom. The lowest BCUT2D eigenvalue weighted by atomic mass is 10.1. The van der Waals surface area contributed by atoms with Crippen LogP contribution in [0.2, 0.25) is 0 Å². The van der Waals surface area contributed by atoms with Gasteiger partial charge in [-0.2, -0.15) is 0 Å². The van der Waals surface area contributed by atoms with E-state index in [0.29, 0.717) is 5.56 Å². The summed E-state index contributed by atoms with van der Waals surface area (Å²) in [6.45, 7) is 2.46. The summed E-state index contributed by atoms with van der Waals surface area (Å²) in [7, 11) is 1.36. The number of ether oxygens (including phenoxy) is 2. The predicted octanol–water partition coefficient (Wildman–Crippen LogP) is 0.882. The molecule has 0 unspecified atom stereocenters. The van der Waals surface area contributed by atoms with E-state index in [1.54, 1.807) is 0 Å². The molecular weight excluding hydrogens is 266 g/mol. The average Bonchev–Trinajstić information content (AvgIpc) is 2.35. The minimum Gasteiger partial charge on any atom is -0.493 e. The lowest BCUT2D eigenvalue weighted by Gasteiger charge is -2.16. The molecule has 1 aromatic carbocycles. The highest BCUT2D eigenvalue weighted by molar-refractivity contribution is 5.83. The van der Waals surface area contributed by atoms with Crippen molar-refractivity contribution in [2.75, 3.05) is 7.11 Å². The molecule has 1 atom stereocenters. The highest BCUT2D eigenvalue weighted by atomic mass is 16.6. The molecule has 7 nitrogen and oxygen atoms in total. The Morgan fingerprint density at radius 2 is 1.85 bits per heavy atom. The van der Waals surface area contributed by atoms with Gasteiger partial charge >= 0.3 is 11.9 Å². The van der Waals surface area contributed by atoms with Gasteiger partial charge in [0.25, 0.3) is 0 Å². The summed E-state index contributed by atoms with van der Waals surface area (Å²) < 4.78 is 9.95. The summed E-state index contributed by atoms with van der Waals surface area (Å²) in [4.78, 5) is 33.1. The van der Waals surface area contributed by atoms with Gasteiger partial charge in [-0.3, -0.25) is 9.59 Å². The molecule has 1 rings (SSSR count). The fraction of sp³-hybridized carbons (Fsp3) is 0.308. The van der Waals surface area contributed by atoms with Gasteiger partial charge in [0.2, 0.25) is 5.91 Å². The van der Waals surface area contributed by atoms with Crippen molar-refractivity contribution in [3.05, 3.63) is 23.8 Å². The van der Waals surface area contributed by atoms with Crippen LogP contribution in [0.3, 0.4) is 0 Å². The van der Waals surface area contributed by atoms with E-state index < -0.39 is 23.9 Å². The zero-order valence-electron chi connectivity index (χ0n) is 11.3. The Morgan fingerprint density at radius 3 is 2.30 bits per heavy atom. The fourth-order valence-electron chi connectivity index (χ4n) is 1.59. The number of aliphatic carboxylic acids is 1. The standard InChI is InChI=1S/C13H15NO6/c1-7(15)14-12(13(17)18)9-4-5-10(20-8(2)16)11(6-9)19-3/h4-6,12H,1-3H3,(H,14,15)(H,17,18)/t12-/m1/s1. The summed E-state index contributed by atoms with van der Waals surface area (Å²) in [5.41, 5.74) is 0.306. The third-order valence-electron chi connectivity index (χ3n) is 2.37. The fourth-order valence-corrected chi connectivity index (χ4v) is 1.59. The van der Waals surface area contributed by atoms with Crippen LogP contribution in [0.15, 0.2) is 18.2 Å². The Kier molecular flexibility index (Phi) is 5.08. The number of carbonyl (C=O) groups is 3. The summed E-state index contributed by atoms with van der Waals surface area (Å²) in [5.74, 6) is -1.82. The van der Waals surface area contributed by atoms with Crippen LogP contribution in [-0.4, -0.2) is 30.1 Å². The van der Waals surface area contributed by atoms with Gasteiger partial charge in [0, 0.05) is 13.8 Å². The molecule has 0 aliphatic rings. The van der Waals surface area contributed by atoms with Gasteiger partial charge in [-0.25, -0.2) is 4.79 Å². The van der Waals surface area contributed by atoms with E-state index in [1.807, 2.05) is 0 Å². The molecule has 0 spiro atoms. The number of hydrogen-bond acceptors (Lipinski definition) is 5. The Bertz CT molecular complexity index is 540. The van der Waals surface area contributed by atoms with Gasteiger partial charge in [0.15, 0.2) is 17.5 Å². The zero-order chi connectivity index (χ0) is 15.3. The van der Waals surface area contributed by atoms with E-state index in [4.69, 9.17) is 14.6 Å². The summed E-state index contributed by atoms with van der Waals surface area (Å²) in [5, 5.41) is 11.4. The molecule has 0 saturated carbocycles. The van der Waals surface area contributed by atoms with Crippen LogP contribution in [0.4, 0.5) is 0 Å². The van der Waals surface area contributed by atoms with E-state index in [1.165, 1.54) is 39.2 Å². The quantitative estimate of drug-likeness (QED) is 0.613. The van der Waals surface area contributed by atoms with Crippen LogP contribution in [0, 0.1) is 0 Å². The molecule has 1 aromatic rings. The van der Waals surface area contributed by atoms with E-state index in [0.717, 1.165) is 0 Å². The van der Waals surface area contributed by atoms with Crippen LogP contribution in [0.25, 0.3) is 0 Å². The number of benzene rings is 1. The molecule has 0 heterocycles. The molecule has 0 aliphatic heterocycles. The van der Waals surface area contributed by atoms with Crippen molar-refractivity contribution in [3.8, 4) is 11.5 Å². The Hall–Kier alpha value is -2.57. The van der Waals surface area contributed by atoms with Gasteiger partial charge in [-0.1, -0.05) is 6.07 Å². The molecule has 0 saturated heterocycles. The smallest absolute Gasteiger partial charge is 0.330 e. The van der Waals surface area contributed by atoms with E-state index in [-0.39, 0.29) is 11.5 Å². The number of rotatable bonds is 5. The summed E-state index contributed by atoms with van der Waals surface area (Å²) in [6.07, 6.45) is 0. The summed E-state index contributed by atoms with van der Waals surface area (Å²) in [6, 6.07) is 3.04. The molecule has 0 fully saturated rings. The third kappa shape index (κ3) is 3.98. The first-order chi connectivity index (χ1) is 9.35. The van der Waals surface area contributed by atoms with Gasteiger partial charge < -0.3 is 19.9 Å². The van der Waals surface area contributed by atoms with Crippen molar-refractivity contribution >= 4 is 17.8 Å². The lowest BCUT2D eigenvalue weighted by Crippen LogP contribution is -2.31. The monoisotopic (exact) mass is 281 g/mol. The molecule has 7 heteroatoms. The second kappa shape index (κ2) is 6.55. The van der Waals surface area contributed by atoms with E-state index in [9.17, 15) is 14.4 Å². The van der Waals surface area contributed by atoms with Crippen LogP contribution < -0.4 is 14.8 Å². The Labute approximate surface area is 115 Å². The average molecular weight is 281 g/mol. The molecule has 0 aliphatic carbocycles. The maximum absolute atomic E-state index is 11.2. The van der Waals surface area contributed by atoms with Crippen molar-refractivity contribution in [3.63, 3.8) is 0 Å². The Balaban J connectivity index is 3.15. The van der Waals surface area contributed by atoms with Crippen LogP contribution in [0.5, 0.6) is 11.5 Å². The zero-order valence-corrected chi connectivity index (χ0v) is 11.3.